The van der Waals surface area contributed by atoms with Gasteiger partial charge in [0.2, 0.25) is 0 Å². The molecule has 1 fully saturated rings. The van der Waals surface area contributed by atoms with E-state index >= 15 is 0 Å². The highest BCUT2D eigenvalue weighted by Gasteiger charge is 2.32. The smallest absolute Gasteiger partial charge is 0.405 e. The van der Waals surface area contributed by atoms with Gasteiger partial charge in [-0.05, 0) is 19.9 Å². The van der Waals surface area contributed by atoms with E-state index in [0.717, 1.165) is 13.1 Å². The number of nitrogens with zero attached hydrogens (tertiary/aromatic N) is 2. The van der Waals surface area contributed by atoms with Gasteiger partial charge in [-0.25, -0.2) is 4.99 Å². The number of ether oxygens (including phenoxy) is 2. The maximum atomic E-state index is 12.6. The van der Waals surface area contributed by atoms with E-state index in [0.29, 0.717) is 37.8 Å². The number of morpholine rings is 1. The topological polar surface area (TPSA) is 78.4 Å². The molecule has 0 saturated carbocycles. The highest BCUT2D eigenvalue weighted by Crippen LogP contribution is 2.26. The van der Waals surface area contributed by atoms with Gasteiger partial charge in [-0.15, -0.1) is 37.1 Å². The van der Waals surface area contributed by atoms with E-state index in [9.17, 15) is 18.3 Å². The first-order chi connectivity index (χ1) is 13.7. The van der Waals surface area contributed by atoms with Gasteiger partial charge >= 0.3 is 6.36 Å². The summed E-state index contributed by atoms with van der Waals surface area (Å²) in [6.07, 6.45) is -4.76. The molecule has 30 heavy (non-hydrogen) atoms. The quantitative estimate of drug-likeness (QED) is 0.264. The van der Waals surface area contributed by atoms with E-state index in [4.69, 9.17) is 4.74 Å². The number of alkyl halides is 3. The zero-order valence-corrected chi connectivity index (χ0v) is 19.5. The molecule has 0 radical (unpaired) electrons. The Morgan fingerprint density at radius 2 is 1.90 bits per heavy atom. The molecular weight excluding hydrogens is 516 g/mol. The number of β-amino-alcohol motifs (C(OH)–C–C–N with tert-alkyl or cyclic N) is 1. The van der Waals surface area contributed by atoms with E-state index in [1.165, 1.54) is 18.2 Å². The zero-order valence-electron chi connectivity index (χ0n) is 17.2. The van der Waals surface area contributed by atoms with Crippen molar-refractivity contribution in [3.63, 3.8) is 0 Å². The number of hydrogen-bond acceptors (Lipinski definition) is 5. The predicted octanol–water partition coefficient (Wildman–Crippen LogP) is 2.34. The maximum absolute atomic E-state index is 12.6. The van der Waals surface area contributed by atoms with Crippen molar-refractivity contribution in [3.8, 4) is 5.75 Å². The number of benzene rings is 1. The molecule has 1 aliphatic rings. The first-order valence-electron chi connectivity index (χ1n) is 9.57. The number of hydrogen-bond donors (Lipinski definition) is 3. The van der Waals surface area contributed by atoms with Crippen LogP contribution in [0.1, 0.15) is 19.4 Å². The van der Waals surface area contributed by atoms with Gasteiger partial charge in [0, 0.05) is 38.3 Å². The van der Waals surface area contributed by atoms with E-state index in [-0.39, 0.29) is 42.8 Å². The Labute approximate surface area is 192 Å². The zero-order chi connectivity index (χ0) is 21.3. The average molecular weight is 546 g/mol. The van der Waals surface area contributed by atoms with Gasteiger partial charge in [0.05, 0.1) is 25.4 Å². The van der Waals surface area contributed by atoms with Crippen LogP contribution in [0.3, 0.4) is 0 Å². The molecule has 0 amide bonds. The van der Waals surface area contributed by atoms with Crippen LogP contribution in [0.5, 0.6) is 5.75 Å². The minimum atomic E-state index is -4.76. The molecule has 0 aliphatic carbocycles. The second-order valence-electron chi connectivity index (χ2n) is 7.09. The summed E-state index contributed by atoms with van der Waals surface area (Å²) < 4.78 is 47.1. The average Bonchev–Trinajstić information content (AvgIpc) is 2.64. The molecule has 0 spiro atoms. The molecule has 1 saturated heterocycles. The molecule has 1 atom stereocenters. The van der Waals surface area contributed by atoms with Crippen molar-refractivity contribution in [3.05, 3.63) is 29.8 Å². The van der Waals surface area contributed by atoms with Gasteiger partial charge in [0.1, 0.15) is 5.75 Å². The first-order valence-corrected chi connectivity index (χ1v) is 9.57. The molecule has 1 aromatic rings. The van der Waals surface area contributed by atoms with Crippen molar-refractivity contribution in [1.82, 2.24) is 15.5 Å². The molecule has 0 bridgehead atoms. The minimum absolute atomic E-state index is 0. The molecule has 172 valence electrons. The molecule has 11 heteroatoms. The standard InChI is InChI=1S/C19H29F3N4O3.HI/c1-3-23-17(25-13-18(2,27)14-26-8-10-28-11-9-26)24-12-15-6-4-5-7-16(15)29-19(20,21)22;/h4-7,27H,3,8-14H2,1-2H3,(H2,23,24,25);1H. The summed E-state index contributed by atoms with van der Waals surface area (Å²) in [5.74, 6) is 0.121. The van der Waals surface area contributed by atoms with Crippen LogP contribution < -0.4 is 15.4 Å². The molecule has 7 nitrogen and oxygen atoms in total. The lowest BCUT2D eigenvalue weighted by Gasteiger charge is -2.34. The molecule has 0 aromatic heterocycles. The molecular formula is C19H30F3IN4O3. The summed E-state index contributed by atoms with van der Waals surface area (Å²) in [7, 11) is 0. The Morgan fingerprint density at radius 1 is 1.23 bits per heavy atom. The normalized spacial score (nSPS) is 17.6. The van der Waals surface area contributed by atoms with Gasteiger partial charge < -0.3 is 25.2 Å². The lowest BCUT2D eigenvalue weighted by atomic mass is 10.1. The van der Waals surface area contributed by atoms with Crippen molar-refractivity contribution in [2.24, 2.45) is 4.99 Å². The number of nitrogens with one attached hydrogen (secondary N) is 2. The number of para-hydroxylation sites is 1. The lowest BCUT2D eigenvalue weighted by molar-refractivity contribution is -0.274. The van der Waals surface area contributed by atoms with Gasteiger partial charge in [-0.1, -0.05) is 18.2 Å². The Hall–Kier alpha value is -1.31. The number of aliphatic imine (C=N–C) groups is 1. The van der Waals surface area contributed by atoms with Gasteiger partial charge in [-0.3, -0.25) is 4.90 Å². The van der Waals surface area contributed by atoms with E-state index < -0.39 is 12.0 Å². The predicted molar refractivity (Wildman–Crippen MR) is 119 cm³/mol. The second-order valence-corrected chi connectivity index (χ2v) is 7.09. The minimum Gasteiger partial charge on any atom is -0.405 e. The molecule has 1 unspecified atom stereocenters. The van der Waals surface area contributed by atoms with Crippen LogP contribution in [0.4, 0.5) is 13.2 Å². The number of guanidine groups is 1. The summed E-state index contributed by atoms with van der Waals surface area (Å²) >= 11 is 0. The van der Waals surface area contributed by atoms with Crippen LogP contribution in [0, 0.1) is 0 Å². The molecule has 1 aliphatic heterocycles. The van der Waals surface area contributed by atoms with Gasteiger partial charge in [-0.2, -0.15) is 0 Å². The summed E-state index contributed by atoms with van der Waals surface area (Å²) in [5.41, 5.74) is -0.702. The molecule has 1 aromatic carbocycles. The van der Waals surface area contributed by atoms with Crippen molar-refractivity contribution in [1.29, 1.82) is 0 Å². The Morgan fingerprint density at radius 3 is 2.53 bits per heavy atom. The third-order valence-electron chi connectivity index (χ3n) is 4.25. The third-order valence-corrected chi connectivity index (χ3v) is 4.25. The molecule has 1 heterocycles. The van der Waals surface area contributed by atoms with Gasteiger partial charge in [0.15, 0.2) is 5.96 Å². The summed E-state index contributed by atoms with van der Waals surface area (Å²) in [5, 5.41) is 16.8. The fourth-order valence-electron chi connectivity index (χ4n) is 2.94. The fraction of sp³-hybridized carbons (Fsp3) is 0.632. The summed E-state index contributed by atoms with van der Waals surface area (Å²) in [6.45, 7) is 7.70. The van der Waals surface area contributed by atoms with Crippen LogP contribution in [0.15, 0.2) is 29.3 Å². The highest BCUT2D eigenvalue weighted by atomic mass is 127. The van der Waals surface area contributed by atoms with Crippen LogP contribution in [0.2, 0.25) is 0 Å². The van der Waals surface area contributed by atoms with Crippen molar-refractivity contribution in [2.45, 2.75) is 32.4 Å². The summed E-state index contributed by atoms with van der Waals surface area (Å²) in [6, 6.07) is 5.89. The van der Waals surface area contributed by atoms with Crippen molar-refractivity contribution >= 4 is 29.9 Å². The third kappa shape index (κ3) is 10.1. The van der Waals surface area contributed by atoms with Crippen molar-refractivity contribution in [2.75, 3.05) is 45.9 Å². The van der Waals surface area contributed by atoms with Crippen LogP contribution in [-0.2, 0) is 11.3 Å². The number of rotatable bonds is 8. The Bertz CT molecular complexity index is 669. The Balaban J connectivity index is 0.00000450. The van der Waals surface area contributed by atoms with E-state index in [1.807, 2.05) is 6.92 Å². The maximum Gasteiger partial charge on any atom is 0.573 e. The molecule has 2 rings (SSSR count). The fourth-order valence-corrected chi connectivity index (χ4v) is 2.94. The van der Waals surface area contributed by atoms with Crippen LogP contribution >= 0.6 is 24.0 Å². The number of aliphatic hydroxyl groups is 1. The van der Waals surface area contributed by atoms with E-state index in [2.05, 4.69) is 25.3 Å². The van der Waals surface area contributed by atoms with E-state index in [1.54, 1.807) is 13.0 Å². The first kappa shape index (κ1) is 26.7. The molecule has 3 N–H and O–H groups in total. The SMILES string of the molecule is CCNC(=NCc1ccccc1OC(F)(F)F)NCC(C)(O)CN1CCOCC1.I. The highest BCUT2D eigenvalue weighted by molar-refractivity contribution is 14.0. The second kappa shape index (κ2) is 12.5. The number of halogens is 4. The lowest BCUT2D eigenvalue weighted by Crippen LogP contribution is -2.52. The van der Waals surface area contributed by atoms with Crippen LogP contribution in [-0.4, -0.2) is 73.9 Å². The Kier molecular flexibility index (Phi) is 11.2. The van der Waals surface area contributed by atoms with Gasteiger partial charge in [0.25, 0.3) is 0 Å². The van der Waals surface area contributed by atoms with Crippen LogP contribution in [0.25, 0.3) is 0 Å². The largest absolute Gasteiger partial charge is 0.573 e. The monoisotopic (exact) mass is 546 g/mol. The summed E-state index contributed by atoms with van der Waals surface area (Å²) in [4.78, 5) is 6.45. The van der Waals surface area contributed by atoms with Crippen molar-refractivity contribution < 1.29 is 27.8 Å².